The summed E-state index contributed by atoms with van der Waals surface area (Å²) < 4.78 is 5.12. The first kappa shape index (κ1) is 13.3. The summed E-state index contributed by atoms with van der Waals surface area (Å²) in [6, 6.07) is 2.06. The molecule has 1 aromatic heterocycles. The number of anilines is 1. The molecular weight excluding hydrogens is 256 g/mol. The number of hydrogen-bond acceptors (Lipinski definition) is 5. The van der Waals surface area contributed by atoms with Gasteiger partial charge < -0.3 is 14.5 Å². The molecule has 1 aromatic rings. The minimum Gasteiger partial charge on any atom is -0.383 e. The van der Waals surface area contributed by atoms with Crippen LogP contribution in [-0.2, 0) is 9.53 Å². The summed E-state index contributed by atoms with van der Waals surface area (Å²) in [6.45, 7) is 2.82. The van der Waals surface area contributed by atoms with Crippen LogP contribution in [0, 0.1) is 5.92 Å². The molecule has 3 saturated heterocycles. The summed E-state index contributed by atoms with van der Waals surface area (Å²) in [5.74, 6) is 1.05. The van der Waals surface area contributed by atoms with E-state index in [0.29, 0.717) is 13.2 Å². The lowest BCUT2D eigenvalue weighted by Gasteiger charge is -2.35. The molecule has 0 N–H and O–H groups in total. The van der Waals surface area contributed by atoms with Crippen LogP contribution < -0.4 is 4.90 Å². The van der Waals surface area contributed by atoms with E-state index < -0.39 is 0 Å². The molecule has 0 saturated carbocycles. The Labute approximate surface area is 118 Å². The van der Waals surface area contributed by atoms with Crippen LogP contribution in [0.1, 0.15) is 12.8 Å². The Bertz CT molecular complexity index is 468. The number of aromatic nitrogens is 2. The molecule has 0 aliphatic carbocycles. The molecule has 0 spiro atoms. The van der Waals surface area contributed by atoms with Gasteiger partial charge in [0.2, 0.25) is 11.9 Å². The fraction of sp³-hybridized carbons (Fsp3) is 0.643. The van der Waals surface area contributed by atoms with Crippen molar-refractivity contribution in [1.29, 1.82) is 0 Å². The number of fused-ring (bicyclic) bond motifs is 4. The van der Waals surface area contributed by atoms with Gasteiger partial charge in [0.1, 0.15) is 0 Å². The number of nitrogens with zero attached hydrogens (tertiary/aromatic N) is 4. The van der Waals surface area contributed by atoms with Crippen LogP contribution in [0.25, 0.3) is 0 Å². The standard InChI is InChI=1S/C14H20N4O2/c1-20-8-7-18-12-4-3-11(13(18)19)9-17(10-12)14-15-5-2-6-16-14/h2,5-6,11-12H,3-4,7-10H2,1H3/t11-,12+/m0/s1. The highest BCUT2D eigenvalue weighted by Crippen LogP contribution is 2.30. The SMILES string of the molecule is COCCN1C(=O)[C@H]2CC[C@@H]1CN(c1ncccn1)C2. The van der Waals surface area contributed by atoms with Gasteiger partial charge in [0.15, 0.2) is 0 Å². The summed E-state index contributed by atoms with van der Waals surface area (Å²) in [6.07, 6.45) is 5.53. The van der Waals surface area contributed by atoms with E-state index >= 15 is 0 Å². The Hall–Kier alpha value is -1.69. The second kappa shape index (κ2) is 5.75. The minimum atomic E-state index is 0.0643. The molecule has 108 valence electrons. The maximum absolute atomic E-state index is 12.5. The second-order valence-corrected chi connectivity index (χ2v) is 5.41. The van der Waals surface area contributed by atoms with Gasteiger partial charge in [-0.25, -0.2) is 9.97 Å². The first-order valence-electron chi connectivity index (χ1n) is 7.11. The number of amides is 1. The number of rotatable bonds is 4. The Balaban J connectivity index is 1.79. The Kier molecular flexibility index (Phi) is 3.82. The Morgan fingerprint density at radius 2 is 2.10 bits per heavy atom. The summed E-state index contributed by atoms with van der Waals surface area (Å²) in [5.41, 5.74) is 0. The zero-order chi connectivity index (χ0) is 13.9. The normalized spacial score (nSPS) is 25.9. The van der Waals surface area contributed by atoms with Crippen molar-refractivity contribution in [3.8, 4) is 0 Å². The van der Waals surface area contributed by atoms with E-state index in [9.17, 15) is 4.79 Å². The van der Waals surface area contributed by atoms with Crippen molar-refractivity contribution in [3.63, 3.8) is 0 Å². The average Bonchev–Trinajstić information content (AvgIpc) is 2.78. The molecule has 0 unspecified atom stereocenters. The molecule has 3 aliphatic rings. The fourth-order valence-corrected chi connectivity index (χ4v) is 3.14. The minimum absolute atomic E-state index is 0.0643. The highest BCUT2D eigenvalue weighted by Gasteiger charge is 2.40. The number of hydrogen-bond donors (Lipinski definition) is 0. The number of ether oxygens (including phenoxy) is 1. The van der Waals surface area contributed by atoms with Crippen molar-refractivity contribution in [2.75, 3.05) is 38.3 Å². The van der Waals surface area contributed by atoms with Gasteiger partial charge in [0.05, 0.1) is 12.5 Å². The lowest BCUT2D eigenvalue weighted by Crippen LogP contribution is -2.49. The molecule has 2 atom stereocenters. The van der Waals surface area contributed by atoms with Crippen LogP contribution >= 0.6 is 0 Å². The molecule has 1 amide bonds. The third-order valence-corrected chi connectivity index (χ3v) is 4.16. The van der Waals surface area contributed by atoms with Gasteiger partial charge in [-0.1, -0.05) is 0 Å². The van der Waals surface area contributed by atoms with Gasteiger partial charge in [-0.2, -0.15) is 0 Å². The molecule has 0 radical (unpaired) electrons. The van der Waals surface area contributed by atoms with Crippen LogP contribution in [0.15, 0.2) is 18.5 Å². The highest BCUT2D eigenvalue weighted by molar-refractivity contribution is 5.81. The lowest BCUT2D eigenvalue weighted by molar-refractivity contribution is -0.140. The Morgan fingerprint density at radius 3 is 2.85 bits per heavy atom. The smallest absolute Gasteiger partial charge is 0.227 e. The summed E-state index contributed by atoms with van der Waals surface area (Å²) in [4.78, 5) is 25.3. The first-order chi connectivity index (χ1) is 9.79. The van der Waals surface area contributed by atoms with E-state index in [1.807, 2.05) is 11.0 Å². The number of piperidine rings is 1. The highest BCUT2D eigenvalue weighted by atomic mass is 16.5. The van der Waals surface area contributed by atoms with Crippen molar-refractivity contribution < 1.29 is 9.53 Å². The van der Waals surface area contributed by atoms with Crippen molar-refractivity contribution >= 4 is 11.9 Å². The van der Waals surface area contributed by atoms with E-state index in [1.54, 1.807) is 19.5 Å². The van der Waals surface area contributed by atoms with E-state index in [-0.39, 0.29) is 17.9 Å². The zero-order valence-corrected chi connectivity index (χ0v) is 11.7. The van der Waals surface area contributed by atoms with E-state index in [1.165, 1.54) is 0 Å². The molecule has 2 bridgehead atoms. The molecule has 4 rings (SSSR count). The molecule has 3 aliphatic heterocycles. The predicted molar refractivity (Wildman–Crippen MR) is 74.3 cm³/mol. The van der Waals surface area contributed by atoms with Gasteiger partial charge >= 0.3 is 0 Å². The molecule has 20 heavy (non-hydrogen) atoms. The van der Waals surface area contributed by atoms with Gasteiger partial charge in [0, 0.05) is 45.2 Å². The van der Waals surface area contributed by atoms with Crippen LogP contribution in [0.5, 0.6) is 0 Å². The summed E-state index contributed by atoms with van der Waals surface area (Å²) >= 11 is 0. The molecule has 6 heteroatoms. The van der Waals surface area contributed by atoms with Crippen LogP contribution in [0.4, 0.5) is 5.95 Å². The van der Waals surface area contributed by atoms with E-state index in [0.717, 1.165) is 31.9 Å². The van der Waals surface area contributed by atoms with Gasteiger partial charge in [-0.3, -0.25) is 4.79 Å². The van der Waals surface area contributed by atoms with Crippen molar-refractivity contribution in [3.05, 3.63) is 18.5 Å². The van der Waals surface area contributed by atoms with Gasteiger partial charge in [-0.05, 0) is 18.9 Å². The van der Waals surface area contributed by atoms with Crippen LogP contribution in [0.3, 0.4) is 0 Å². The second-order valence-electron chi connectivity index (χ2n) is 5.41. The largest absolute Gasteiger partial charge is 0.383 e. The van der Waals surface area contributed by atoms with Gasteiger partial charge in [0.25, 0.3) is 0 Å². The van der Waals surface area contributed by atoms with Crippen molar-refractivity contribution in [1.82, 2.24) is 14.9 Å². The molecule has 0 aromatic carbocycles. The predicted octanol–water partition coefficient (Wildman–Crippen LogP) is 0.550. The topological polar surface area (TPSA) is 58.6 Å². The molecule has 6 nitrogen and oxygen atoms in total. The molecule has 3 fully saturated rings. The average molecular weight is 276 g/mol. The van der Waals surface area contributed by atoms with Crippen molar-refractivity contribution in [2.24, 2.45) is 5.92 Å². The summed E-state index contributed by atoms with van der Waals surface area (Å²) in [7, 11) is 1.67. The van der Waals surface area contributed by atoms with E-state index in [4.69, 9.17) is 4.74 Å². The number of methoxy groups -OCH3 is 1. The molecule has 4 heterocycles. The third-order valence-electron chi connectivity index (χ3n) is 4.16. The first-order valence-corrected chi connectivity index (χ1v) is 7.11. The third kappa shape index (κ3) is 2.47. The fourth-order valence-electron chi connectivity index (χ4n) is 3.14. The van der Waals surface area contributed by atoms with Crippen LogP contribution in [-0.4, -0.2) is 60.2 Å². The van der Waals surface area contributed by atoms with E-state index in [2.05, 4.69) is 14.9 Å². The van der Waals surface area contributed by atoms with Crippen LogP contribution in [0.2, 0.25) is 0 Å². The summed E-state index contributed by atoms with van der Waals surface area (Å²) in [5, 5.41) is 0. The quantitative estimate of drug-likeness (QED) is 0.804. The maximum Gasteiger partial charge on any atom is 0.227 e. The zero-order valence-electron chi connectivity index (χ0n) is 11.7. The number of carbonyl (C=O) groups is 1. The lowest BCUT2D eigenvalue weighted by atomic mass is 9.94. The van der Waals surface area contributed by atoms with Gasteiger partial charge in [-0.15, -0.1) is 0 Å². The maximum atomic E-state index is 12.5. The Morgan fingerprint density at radius 1 is 1.30 bits per heavy atom. The molecular formula is C14H20N4O2. The monoisotopic (exact) mass is 276 g/mol. The van der Waals surface area contributed by atoms with Crippen molar-refractivity contribution in [2.45, 2.75) is 18.9 Å². The number of carbonyl (C=O) groups excluding carboxylic acids is 1.